The monoisotopic (exact) mass is 681 g/mol. The van der Waals surface area contributed by atoms with E-state index in [9.17, 15) is 0 Å². The topological polar surface area (TPSA) is 0 Å². The van der Waals surface area contributed by atoms with Gasteiger partial charge in [0, 0.05) is 0 Å². The van der Waals surface area contributed by atoms with Crippen molar-refractivity contribution in [2.24, 2.45) is 0 Å². The average molecular weight is 684 g/mol. The molecule has 0 nitrogen and oxygen atoms in total. The molecular formula is C40H41Cl2Zr-. The van der Waals surface area contributed by atoms with Crippen molar-refractivity contribution in [1.82, 2.24) is 0 Å². The Morgan fingerprint density at radius 1 is 0.744 bits per heavy atom. The van der Waals surface area contributed by atoms with Crippen LogP contribution in [0, 0.1) is 13.0 Å². The van der Waals surface area contributed by atoms with Crippen LogP contribution in [0.4, 0.5) is 0 Å². The van der Waals surface area contributed by atoms with Crippen LogP contribution in [0.25, 0.3) is 11.1 Å². The van der Waals surface area contributed by atoms with Crippen LogP contribution in [0.3, 0.4) is 0 Å². The van der Waals surface area contributed by atoms with Gasteiger partial charge in [0.05, 0.1) is 0 Å². The van der Waals surface area contributed by atoms with Crippen molar-refractivity contribution >= 4 is 3.21 Å². The van der Waals surface area contributed by atoms with E-state index in [1.54, 1.807) is 0 Å². The molecule has 0 saturated carbocycles. The molecular weight excluding hydrogens is 643 g/mol. The van der Waals surface area contributed by atoms with E-state index in [0.717, 1.165) is 6.42 Å². The van der Waals surface area contributed by atoms with Crippen molar-refractivity contribution in [2.45, 2.75) is 71.6 Å². The van der Waals surface area contributed by atoms with Gasteiger partial charge in [-0.3, -0.25) is 0 Å². The molecule has 220 valence electrons. The predicted molar refractivity (Wildman–Crippen MR) is 173 cm³/mol. The van der Waals surface area contributed by atoms with Gasteiger partial charge in [-0.2, -0.15) is 11.6 Å². The number of allylic oxidation sites excluding steroid dienone is 4. The number of hydrogen-bond acceptors (Lipinski definition) is 0. The Balaban J connectivity index is 0.000000269. The molecule has 0 radical (unpaired) electrons. The normalized spacial score (nSPS) is 13.3. The molecule has 0 bridgehead atoms. The van der Waals surface area contributed by atoms with Gasteiger partial charge in [0.2, 0.25) is 0 Å². The van der Waals surface area contributed by atoms with E-state index in [1.807, 2.05) is 0 Å². The zero-order valence-electron chi connectivity index (χ0n) is 26.4. The van der Waals surface area contributed by atoms with Gasteiger partial charge in [-0.15, -0.1) is 22.3 Å². The molecule has 4 aromatic rings. The molecule has 0 spiro atoms. The first-order valence-corrected chi connectivity index (χ1v) is 16.0. The van der Waals surface area contributed by atoms with Gasteiger partial charge < -0.3 is 24.8 Å². The van der Waals surface area contributed by atoms with Gasteiger partial charge in [0.25, 0.3) is 0 Å². The van der Waals surface area contributed by atoms with Crippen molar-refractivity contribution in [3.8, 4) is 11.1 Å². The fraction of sp³-hybridized carbons (Fsp3) is 0.275. The molecule has 2 aliphatic rings. The Morgan fingerprint density at radius 2 is 1.28 bits per heavy atom. The molecule has 0 amide bonds. The molecule has 3 heteroatoms. The molecule has 0 unspecified atom stereocenters. The van der Waals surface area contributed by atoms with Crippen LogP contribution >= 0.6 is 0 Å². The summed E-state index contributed by atoms with van der Waals surface area (Å²) in [6, 6.07) is 32.1. The SMILES string of the molecule is Cc1c2c([c-]c(C(C)(C)C)c1C1C=CC=C1)Cc1cc(C(C)(C)C)ccc1-2.[Cl-].[Cl-].[Zr+2]=[C](c1ccccc1)c1ccccc1. The second-order valence-corrected chi connectivity index (χ2v) is 14.6. The third-order valence-corrected chi connectivity index (χ3v) is 9.61. The summed E-state index contributed by atoms with van der Waals surface area (Å²) in [5, 5.41) is 0. The van der Waals surface area contributed by atoms with Crippen molar-refractivity contribution in [3.63, 3.8) is 0 Å². The van der Waals surface area contributed by atoms with Crippen LogP contribution in [0.1, 0.15) is 92.0 Å². The minimum atomic E-state index is 0. The molecule has 0 saturated heterocycles. The van der Waals surface area contributed by atoms with Crippen LogP contribution in [-0.2, 0) is 41.5 Å². The van der Waals surface area contributed by atoms with E-state index < -0.39 is 0 Å². The molecule has 0 aliphatic heterocycles. The van der Waals surface area contributed by atoms with Gasteiger partial charge in [-0.1, -0.05) is 96.5 Å². The Hall–Kier alpha value is -2.31. The summed E-state index contributed by atoms with van der Waals surface area (Å²) < 4.78 is 1.42. The number of halogens is 2. The quantitative estimate of drug-likeness (QED) is 0.253. The maximum atomic E-state index is 3.89. The Morgan fingerprint density at radius 3 is 1.77 bits per heavy atom. The second kappa shape index (κ2) is 14.2. The predicted octanol–water partition coefficient (Wildman–Crippen LogP) is 3.98. The maximum absolute atomic E-state index is 3.89. The summed E-state index contributed by atoms with van der Waals surface area (Å²) >= 11 is 1.46. The van der Waals surface area contributed by atoms with Crippen LogP contribution < -0.4 is 24.8 Å². The van der Waals surface area contributed by atoms with Gasteiger partial charge in [-0.05, 0) is 34.3 Å². The summed E-state index contributed by atoms with van der Waals surface area (Å²) in [5.74, 6) is 0.374. The van der Waals surface area contributed by atoms with Crippen LogP contribution in [0.2, 0.25) is 0 Å². The Kier molecular flexibility index (Phi) is 11.6. The molecule has 6 rings (SSSR count). The number of hydrogen-bond donors (Lipinski definition) is 0. The van der Waals surface area contributed by atoms with Crippen molar-refractivity contribution in [3.05, 3.63) is 154 Å². The van der Waals surface area contributed by atoms with Crippen LogP contribution in [-0.4, -0.2) is 3.21 Å². The molecule has 4 aromatic carbocycles. The first-order valence-electron chi connectivity index (χ1n) is 14.7. The Bertz CT molecular complexity index is 1580. The minimum absolute atomic E-state index is 0. The summed E-state index contributed by atoms with van der Waals surface area (Å²) in [6.45, 7) is 16.2. The zero-order chi connectivity index (χ0) is 29.4. The van der Waals surface area contributed by atoms with Gasteiger partial charge in [-0.25, -0.2) is 0 Å². The molecule has 0 aromatic heterocycles. The van der Waals surface area contributed by atoms with Crippen molar-refractivity contribution in [1.29, 1.82) is 0 Å². The van der Waals surface area contributed by atoms with E-state index in [1.165, 1.54) is 83.1 Å². The molecule has 0 heterocycles. The number of benzene rings is 4. The van der Waals surface area contributed by atoms with E-state index in [2.05, 4.69) is 158 Å². The summed E-state index contributed by atoms with van der Waals surface area (Å²) in [5.41, 5.74) is 14.3. The summed E-state index contributed by atoms with van der Waals surface area (Å²) in [4.78, 5) is 0. The average Bonchev–Trinajstić information content (AvgIpc) is 3.61. The van der Waals surface area contributed by atoms with Gasteiger partial charge >= 0.3 is 99.2 Å². The van der Waals surface area contributed by atoms with Gasteiger partial charge in [0.1, 0.15) is 0 Å². The van der Waals surface area contributed by atoms with Crippen LogP contribution in [0.5, 0.6) is 0 Å². The molecule has 0 fully saturated rings. The number of rotatable bonds is 3. The molecule has 43 heavy (non-hydrogen) atoms. The first kappa shape index (κ1) is 35.2. The van der Waals surface area contributed by atoms with E-state index in [4.69, 9.17) is 0 Å². The van der Waals surface area contributed by atoms with E-state index >= 15 is 0 Å². The molecule has 2 aliphatic carbocycles. The first-order chi connectivity index (χ1) is 19.4. The summed E-state index contributed by atoms with van der Waals surface area (Å²) in [7, 11) is 0. The number of fused-ring (bicyclic) bond motifs is 3. The van der Waals surface area contributed by atoms with Gasteiger partial charge in [0.15, 0.2) is 0 Å². The van der Waals surface area contributed by atoms with Crippen molar-refractivity contribution in [2.75, 3.05) is 0 Å². The fourth-order valence-electron chi connectivity index (χ4n) is 5.98. The standard InChI is InChI=1S/C27H31.C13H10.2ClH.Zr/c1-17-24-20(14-19-15-21(26(2,3)4)12-13-22(19)24)16-23(27(5,6)7)25(17)18-10-8-9-11-18;1-3-7-12(8-4-1)11-13-9-5-2-6-10-13;;;/h8-13,15,18H,14H2,1-7H3;1-10H;2*1H;/q-1;;;;+2/p-2. The molecule has 0 N–H and O–H groups in total. The molecule has 0 atom stereocenters. The fourth-order valence-corrected chi connectivity index (χ4v) is 6.80. The van der Waals surface area contributed by atoms with Crippen molar-refractivity contribution < 1.29 is 49.0 Å². The third kappa shape index (κ3) is 7.68. The summed E-state index contributed by atoms with van der Waals surface area (Å²) in [6.07, 6.45) is 9.99. The van der Waals surface area contributed by atoms with E-state index in [-0.39, 0.29) is 35.6 Å². The third-order valence-electron chi connectivity index (χ3n) is 8.19. The second-order valence-electron chi connectivity index (χ2n) is 13.3. The van der Waals surface area contributed by atoms with E-state index in [0.29, 0.717) is 5.92 Å². The Labute approximate surface area is 286 Å². The van der Waals surface area contributed by atoms with Crippen LogP contribution in [0.15, 0.2) is 103 Å². The zero-order valence-corrected chi connectivity index (χ0v) is 30.3.